The van der Waals surface area contributed by atoms with Crippen LogP contribution >= 0.6 is 15.9 Å². The van der Waals surface area contributed by atoms with E-state index in [-0.39, 0.29) is 11.6 Å². The fourth-order valence-electron chi connectivity index (χ4n) is 2.37. The number of nitrogens with zero attached hydrogens (tertiary/aromatic N) is 1. The predicted octanol–water partition coefficient (Wildman–Crippen LogP) is 4.77. The Morgan fingerprint density at radius 2 is 2.05 bits per heavy atom. The van der Waals surface area contributed by atoms with Crippen molar-refractivity contribution in [1.29, 1.82) is 0 Å². The van der Waals surface area contributed by atoms with Gasteiger partial charge in [-0.15, -0.1) is 0 Å². The topological polar surface area (TPSA) is 29.5 Å². The standard InChI is InChI=1S/C14H18BrNO2.C2H6/c1-4-18-13(17)16-9-10-6-5-7-12(15)11(10)8-14(16,2)3;1-2/h5-7H,4,8-9H2,1-3H3;1-2H3. The zero-order valence-corrected chi connectivity index (χ0v) is 14.6. The molecule has 2 rings (SSSR count). The molecule has 0 unspecified atom stereocenters. The van der Waals surface area contributed by atoms with Gasteiger partial charge in [-0.25, -0.2) is 4.79 Å². The molecule has 0 saturated heterocycles. The highest BCUT2D eigenvalue weighted by Gasteiger charge is 2.37. The molecule has 0 bridgehead atoms. The Bertz CT molecular complexity index is 472. The van der Waals surface area contributed by atoms with Crippen molar-refractivity contribution in [2.75, 3.05) is 6.61 Å². The number of fused-ring (bicyclic) bond motifs is 1. The van der Waals surface area contributed by atoms with Gasteiger partial charge >= 0.3 is 6.09 Å². The lowest BCUT2D eigenvalue weighted by atomic mass is 9.86. The van der Waals surface area contributed by atoms with E-state index in [1.54, 1.807) is 0 Å². The molecule has 1 heterocycles. The maximum absolute atomic E-state index is 12.0. The zero-order valence-electron chi connectivity index (χ0n) is 13.0. The molecule has 1 amide bonds. The lowest BCUT2D eigenvalue weighted by molar-refractivity contribution is 0.0548. The lowest BCUT2D eigenvalue weighted by Gasteiger charge is -2.42. The molecule has 0 radical (unpaired) electrons. The molecule has 1 aliphatic heterocycles. The van der Waals surface area contributed by atoms with Crippen molar-refractivity contribution in [3.05, 3.63) is 33.8 Å². The fraction of sp³-hybridized carbons (Fsp3) is 0.562. The maximum Gasteiger partial charge on any atom is 0.410 e. The largest absolute Gasteiger partial charge is 0.450 e. The Hall–Kier alpha value is -1.03. The van der Waals surface area contributed by atoms with E-state index in [9.17, 15) is 4.79 Å². The third-order valence-electron chi connectivity index (χ3n) is 3.37. The molecule has 0 spiro atoms. The Morgan fingerprint density at radius 3 is 2.65 bits per heavy atom. The highest BCUT2D eigenvalue weighted by molar-refractivity contribution is 9.10. The van der Waals surface area contributed by atoms with Gasteiger partial charge in [0.15, 0.2) is 0 Å². The van der Waals surface area contributed by atoms with Crippen LogP contribution in [0.5, 0.6) is 0 Å². The first kappa shape index (κ1) is 17.0. The van der Waals surface area contributed by atoms with Crippen molar-refractivity contribution in [3.63, 3.8) is 0 Å². The van der Waals surface area contributed by atoms with E-state index in [0.29, 0.717) is 13.2 Å². The average molecular weight is 342 g/mol. The summed E-state index contributed by atoms with van der Waals surface area (Å²) >= 11 is 3.59. The number of benzene rings is 1. The second-order valence-electron chi connectivity index (χ2n) is 5.15. The van der Waals surface area contributed by atoms with E-state index < -0.39 is 0 Å². The molecule has 0 aromatic heterocycles. The van der Waals surface area contributed by atoms with E-state index >= 15 is 0 Å². The third kappa shape index (κ3) is 3.54. The summed E-state index contributed by atoms with van der Waals surface area (Å²) in [5.74, 6) is 0. The summed E-state index contributed by atoms with van der Waals surface area (Å²) in [6.45, 7) is 11.0. The molecule has 0 N–H and O–H groups in total. The summed E-state index contributed by atoms with van der Waals surface area (Å²) in [5, 5.41) is 0. The van der Waals surface area contributed by atoms with Gasteiger partial charge in [0, 0.05) is 16.6 Å². The summed E-state index contributed by atoms with van der Waals surface area (Å²) in [5.41, 5.74) is 2.27. The number of amides is 1. The second-order valence-corrected chi connectivity index (χ2v) is 6.01. The molecule has 0 saturated carbocycles. The van der Waals surface area contributed by atoms with Gasteiger partial charge in [-0.3, -0.25) is 4.90 Å². The summed E-state index contributed by atoms with van der Waals surface area (Å²) in [6.07, 6.45) is 0.607. The van der Waals surface area contributed by atoms with Crippen LogP contribution in [0.3, 0.4) is 0 Å². The first-order chi connectivity index (χ1) is 9.45. The number of halogens is 1. The molecular weight excluding hydrogens is 318 g/mol. The Kier molecular flexibility index (Phi) is 6.06. The molecule has 1 aromatic rings. The number of rotatable bonds is 1. The zero-order chi connectivity index (χ0) is 15.3. The molecule has 1 aromatic carbocycles. The van der Waals surface area contributed by atoms with Gasteiger partial charge in [-0.1, -0.05) is 41.9 Å². The highest BCUT2D eigenvalue weighted by Crippen LogP contribution is 2.34. The summed E-state index contributed by atoms with van der Waals surface area (Å²) in [6, 6.07) is 6.13. The van der Waals surface area contributed by atoms with Crippen LogP contribution in [0.25, 0.3) is 0 Å². The normalized spacial score (nSPS) is 15.8. The van der Waals surface area contributed by atoms with Gasteiger partial charge in [0.05, 0.1) is 6.61 Å². The predicted molar refractivity (Wildman–Crippen MR) is 85.8 cm³/mol. The number of hydrogen-bond acceptors (Lipinski definition) is 2. The molecular formula is C16H24BrNO2. The van der Waals surface area contributed by atoms with Crippen LogP contribution < -0.4 is 0 Å². The van der Waals surface area contributed by atoms with Gasteiger partial charge in [-0.2, -0.15) is 0 Å². The summed E-state index contributed by atoms with van der Waals surface area (Å²) < 4.78 is 6.26. The van der Waals surface area contributed by atoms with Crippen LogP contribution in [0, 0.1) is 0 Å². The van der Waals surface area contributed by atoms with E-state index in [4.69, 9.17) is 4.74 Å². The SMILES string of the molecule is CC.CCOC(=O)N1Cc2cccc(Br)c2CC1(C)C. The second kappa shape index (κ2) is 7.11. The van der Waals surface area contributed by atoms with Gasteiger partial charge in [0.1, 0.15) is 0 Å². The maximum atomic E-state index is 12.0. The minimum absolute atomic E-state index is 0.219. The van der Waals surface area contributed by atoms with Gasteiger partial charge in [0.2, 0.25) is 0 Å². The van der Waals surface area contributed by atoms with Crippen molar-refractivity contribution >= 4 is 22.0 Å². The fourth-order valence-corrected chi connectivity index (χ4v) is 2.92. The lowest BCUT2D eigenvalue weighted by Crippen LogP contribution is -2.51. The van der Waals surface area contributed by atoms with Gasteiger partial charge < -0.3 is 4.74 Å². The van der Waals surface area contributed by atoms with Gasteiger partial charge in [-0.05, 0) is 44.4 Å². The molecule has 0 atom stereocenters. The van der Waals surface area contributed by atoms with E-state index in [0.717, 1.165) is 10.9 Å². The van der Waals surface area contributed by atoms with Crippen molar-refractivity contribution in [2.24, 2.45) is 0 Å². The van der Waals surface area contributed by atoms with Crippen molar-refractivity contribution < 1.29 is 9.53 Å². The minimum atomic E-state index is -0.229. The van der Waals surface area contributed by atoms with E-state index in [1.807, 2.05) is 31.7 Å². The molecule has 0 aliphatic carbocycles. The van der Waals surface area contributed by atoms with Crippen LogP contribution in [-0.4, -0.2) is 23.1 Å². The van der Waals surface area contributed by atoms with E-state index in [1.165, 1.54) is 11.1 Å². The summed E-state index contributed by atoms with van der Waals surface area (Å²) in [4.78, 5) is 13.8. The van der Waals surface area contributed by atoms with Crippen LogP contribution in [0.2, 0.25) is 0 Å². The van der Waals surface area contributed by atoms with Crippen molar-refractivity contribution in [2.45, 2.75) is 53.1 Å². The number of carbonyl (C=O) groups excluding carboxylic acids is 1. The molecule has 1 aliphatic rings. The van der Waals surface area contributed by atoms with Crippen LogP contribution in [-0.2, 0) is 17.7 Å². The number of carbonyl (C=O) groups is 1. The first-order valence-electron chi connectivity index (χ1n) is 7.16. The Morgan fingerprint density at radius 1 is 1.40 bits per heavy atom. The number of hydrogen-bond donors (Lipinski definition) is 0. The van der Waals surface area contributed by atoms with Gasteiger partial charge in [0.25, 0.3) is 0 Å². The highest BCUT2D eigenvalue weighted by atomic mass is 79.9. The number of ether oxygens (including phenoxy) is 1. The molecule has 4 heteroatoms. The smallest absolute Gasteiger partial charge is 0.410 e. The van der Waals surface area contributed by atoms with Crippen molar-refractivity contribution in [3.8, 4) is 0 Å². The summed E-state index contributed by atoms with van der Waals surface area (Å²) in [7, 11) is 0. The first-order valence-corrected chi connectivity index (χ1v) is 7.95. The Labute approximate surface area is 130 Å². The molecule has 112 valence electrons. The van der Waals surface area contributed by atoms with Crippen LogP contribution in [0.4, 0.5) is 4.79 Å². The third-order valence-corrected chi connectivity index (χ3v) is 4.12. The molecule has 20 heavy (non-hydrogen) atoms. The van der Waals surface area contributed by atoms with Crippen LogP contribution in [0.1, 0.15) is 45.7 Å². The molecule has 0 fully saturated rings. The van der Waals surface area contributed by atoms with E-state index in [2.05, 4.69) is 41.9 Å². The Balaban J connectivity index is 0.000000956. The minimum Gasteiger partial charge on any atom is -0.450 e. The molecule has 3 nitrogen and oxygen atoms in total. The van der Waals surface area contributed by atoms with Crippen molar-refractivity contribution in [1.82, 2.24) is 4.90 Å². The van der Waals surface area contributed by atoms with Crippen LogP contribution in [0.15, 0.2) is 22.7 Å². The quantitative estimate of drug-likeness (QED) is 0.736. The average Bonchev–Trinajstić information content (AvgIpc) is 2.41. The monoisotopic (exact) mass is 341 g/mol.